The van der Waals surface area contributed by atoms with Crippen LogP contribution >= 0.6 is 11.3 Å². The Kier molecular flexibility index (Phi) is 4.30. The van der Waals surface area contributed by atoms with Crippen LogP contribution in [0.4, 0.5) is 18.9 Å². The maximum Gasteiger partial charge on any atom is 0.416 e. The number of halogens is 3. The van der Waals surface area contributed by atoms with Crippen LogP contribution in [0.5, 0.6) is 0 Å². The Morgan fingerprint density at radius 3 is 2.83 bits per heavy atom. The van der Waals surface area contributed by atoms with Crippen LogP contribution in [0.15, 0.2) is 41.1 Å². The van der Waals surface area contributed by atoms with Crippen LogP contribution in [0.2, 0.25) is 0 Å². The number of amides is 1. The molecule has 1 aromatic carbocycles. The Labute approximate surface area is 137 Å². The number of benzene rings is 1. The van der Waals surface area contributed by atoms with Gasteiger partial charge in [-0.3, -0.25) is 4.79 Å². The third kappa shape index (κ3) is 3.77. The van der Waals surface area contributed by atoms with E-state index in [1.54, 1.807) is 0 Å². The summed E-state index contributed by atoms with van der Waals surface area (Å²) in [5.74, 6) is -0.174. The summed E-state index contributed by atoms with van der Waals surface area (Å²) in [6, 6.07) is 6.21. The molecule has 3 rings (SSSR count). The molecule has 0 radical (unpaired) electrons. The van der Waals surface area contributed by atoms with Crippen LogP contribution in [-0.2, 0) is 17.5 Å². The second-order valence-corrected chi connectivity index (χ2v) is 5.56. The third-order valence-electron chi connectivity index (χ3n) is 2.99. The second-order valence-electron chi connectivity index (χ2n) is 4.78. The van der Waals surface area contributed by atoms with Crippen molar-refractivity contribution in [2.24, 2.45) is 0 Å². The molecule has 0 spiro atoms. The van der Waals surface area contributed by atoms with E-state index in [0.29, 0.717) is 5.82 Å². The zero-order valence-corrected chi connectivity index (χ0v) is 12.8. The van der Waals surface area contributed by atoms with Gasteiger partial charge in [0.2, 0.25) is 11.7 Å². The van der Waals surface area contributed by atoms with Gasteiger partial charge in [-0.25, -0.2) is 0 Å². The normalized spacial score (nSPS) is 11.5. The van der Waals surface area contributed by atoms with Crippen molar-refractivity contribution in [2.75, 3.05) is 5.32 Å². The summed E-state index contributed by atoms with van der Waals surface area (Å²) in [7, 11) is 0. The van der Waals surface area contributed by atoms with E-state index >= 15 is 0 Å². The molecule has 24 heavy (non-hydrogen) atoms. The molecule has 1 amide bonds. The summed E-state index contributed by atoms with van der Waals surface area (Å²) in [6.45, 7) is -0.257. The van der Waals surface area contributed by atoms with E-state index < -0.39 is 17.6 Å². The Bertz CT molecular complexity index is 844. The Hall–Kier alpha value is -2.75. The summed E-state index contributed by atoms with van der Waals surface area (Å²) in [5.41, 5.74) is -0.00328. The van der Waals surface area contributed by atoms with Crippen molar-refractivity contribution < 1.29 is 18.0 Å². The monoisotopic (exact) mass is 353 g/mol. The molecule has 2 heterocycles. The number of nitrogens with zero attached hydrogens (tertiary/aromatic N) is 4. The van der Waals surface area contributed by atoms with Crippen molar-refractivity contribution in [3.63, 3.8) is 0 Å². The number of aromatic nitrogens is 4. The number of hydrogen-bond acceptors (Lipinski definition) is 5. The van der Waals surface area contributed by atoms with E-state index in [9.17, 15) is 18.0 Å². The average Bonchev–Trinajstić information content (AvgIpc) is 3.17. The number of hydrogen-bond donors (Lipinski definition) is 1. The highest BCUT2D eigenvalue weighted by molar-refractivity contribution is 7.08. The fraction of sp³-hybridized carbons (Fsp3) is 0.143. The maximum atomic E-state index is 12.6. The molecule has 10 heteroatoms. The fourth-order valence-electron chi connectivity index (χ4n) is 1.92. The van der Waals surface area contributed by atoms with Crippen LogP contribution in [-0.4, -0.2) is 26.1 Å². The number of carbonyl (C=O) groups is 1. The van der Waals surface area contributed by atoms with Gasteiger partial charge in [0.15, 0.2) is 0 Å². The molecule has 0 unspecified atom stereocenters. The van der Waals surface area contributed by atoms with Crippen molar-refractivity contribution in [3.05, 3.63) is 46.7 Å². The molecule has 0 atom stereocenters. The minimum atomic E-state index is -4.47. The first kappa shape index (κ1) is 16.1. The van der Waals surface area contributed by atoms with Crippen LogP contribution in [0.25, 0.3) is 11.4 Å². The van der Waals surface area contributed by atoms with Gasteiger partial charge in [-0.15, -0.1) is 10.2 Å². The smallest absolute Gasteiger partial charge is 0.324 e. The number of thiophene rings is 1. The number of carbonyl (C=O) groups excluding carboxylic acids is 1. The Morgan fingerprint density at radius 1 is 1.29 bits per heavy atom. The molecule has 3 aromatic rings. The van der Waals surface area contributed by atoms with E-state index in [0.717, 1.165) is 22.5 Å². The first-order chi connectivity index (χ1) is 11.4. The van der Waals surface area contributed by atoms with Gasteiger partial charge >= 0.3 is 6.18 Å². The molecule has 1 N–H and O–H groups in total. The van der Waals surface area contributed by atoms with Crippen LogP contribution < -0.4 is 5.32 Å². The van der Waals surface area contributed by atoms with Crippen molar-refractivity contribution >= 4 is 22.9 Å². The van der Waals surface area contributed by atoms with Crippen molar-refractivity contribution in [1.82, 2.24) is 20.2 Å². The summed E-state index contributed by atoms with van der Waals surface area (Å²) >= 11 is 1.47. The molecule has 6 nitrogen and oxygen atoms in total. The SMILES string of the molecule is O=C(Cn1nnc(-c2ccsc2)n1)Nc1cccc(C(F)(F)F)c1. The van der Waals surface area contributed by atoms with E-state index in [2.05, 4.69) is 20.7 Å². The fourth-order valence-corrected chi connectivity index (χ4v) is 2.55. The molecular formula is C14H10F3N5OS. The number of rotatable bonds is 4. The van der Waals surface area contributed by atoms with Gasteiger partial charge in [0.05, 0.1) is 5.56 Å². The van der Waals surface area contributed by atoms with Gasteiger partial charge in [0, 0.05) is 16.6 Å². The van der Waals surface area contributed by atoms with Crippen LogP contribution in [0, 0.1) is 0 Å². The minimum absolute atomic E-state index is 0.0491. The topological polar surface area (TPSA) is 72.7 Å². The number of tetrazole rings is 1. The predicted octanol–water partition coefficient (Wildman–Crippen LogP) is 3.06. The quantitative estimate of drug-likeness (QED) is 0.782. The highest BCUT2D eigenvalue weighted by Crippen LogP contribution is 2.30. The molecule has 2 aromatic heterocycles. The molecule has 0 saturated heterocycles. The van der Waals surface area contributed by atoms with Crippen LogP contribution in [0.1, 0.15) is 5.56 Å². The van der Waals surface area contributed by atoms with E-state index in [4.69, 9.17) is 0 Å². The standard InChI is InChI=1S/C14H10F3N5OS/c15-14(16,17)10-2-1-3-11(6-10)18-12(23)7-22-20-13(19-21-22)9-4-5-24-8-9/h1-6,8H,7H2,(H,18,23). The lowest BCUT2D eigenvalue weighted by Gasteiger charge is -2.09. The number of alkyl halides is 3. The molecule has 124 valence electrons. The zero-order valence-electron chi connectivity index (χ0n) is 12.0. The molecule has 0 fully saturated rings. The zero-order chi connectivity index (χ0) is 17.2. The molecule has 0 aliphatic rings. The predicted molar refractivity (Wildman–Crippen MR) is 81.2 cm³/mol. The van der Waals surface area contributed by atoms with E-state index in [1.807, 2.05) is 16.8 Å². The molecule has 0 bridgehead atoms. The van der Waals surface area contributed by atoms with Crippen molar-refractivity contribution in [3.8, 4) is 11.4 Å². The average molecular weight is 353 g/mol. The third-order valence-corrected chi connectivity index (χ3v) is 3.67. The van der Waals surface area contributed by atoms with Crippen LogP contribution in [0.3, 0.4) is 0 Å². The number of nitrogens with one attached hydrogen (secondary N) is 1. The summed E-state index contributed by atoms with van der Waals surface area (Å²) < 4.78 is 37.9. The largest absolute Gasteiger partial charge is 0.416 e. The lowest BCUT2D eigenvalue weighted by atomic mass is 10.2. The Balaban J connectivity index is 1.66. The first-order valence-corrected chi connectivity index (χ1v) is 7.63. The summed E-state index contributed by atoms with van der Waals surface area (Å²) in [4.78, 5) is 13.0. The van der Waals surface area contributed by atoms with E-state index in [1.165, 1.54) is 23.5 Å². The lowest BCUT2D eigenvalue weighted by molar-refractivity contribution is -0.137. The molecular weight excluding hydrogens is 343 g/mol. The second kappa shape index (κ2) is 6.40. The minimum Gasteiger partial charge on any atom is -0.324 e. The van der Waals surface area contributed by atoms with Gasteiger partial charge < -0.3 is 5.32 Å². The maximum absolute atomic E-state index is 12.6. The van der Waals surface area contributed by atoms with Gasteiger partial charge in [0.1, 0.15) is 6.54 Å². The van der Waals surface area contributed by atoms with E-state index in [-0.39, 0.29) is 12.2 Å². The molecule has 0 aliphatic carbocycles. The highest BCUT2D eigenvalue weighted by Gasteiger charge is 2.30. The van der Waals surface area contributed by atoms with Gasteiger partial charge in [-0.1, -0.05) is 6.07 Å². The number of anilines is 1. The lowest BCUT2D eigenvalue weighted by Crippen LogP contribution is -2.20. The van der Waals surface area contributed by atoms with Gasteiger partial charge in [-0.2, -0.15) is 29.3 Å². The van der Waals surface area contributed by atoms with Gasteiger partial charge in [-0.05, 0) is 34.9 Å². The Morgan fingerprint density at radius 2 is 2.12 bits per heavy atom. The van der Waals surface area contributed by atoms with Gasteiger partial charge in [0.25, 0.3) is 0 Å². The summed E-state index contributed by atoms with van der Waals surface area (Å²) in [6.07, 6.45) is -4.47. The molecule has 0 saturated carbocycles. The first-order valence-electron chi connectivity index (χ1n) is 6.69. The van der Waals surface area contributed by atoms with Crippen molar-refractivity contribution in [1.29, 1.82) is 0 Å². The summed E-state index contributed by atoms with van der Waals surface area (Å²) in [5, 5.41) is 17.7. The molecule has 0 aliphatic heterocycles. The highest BCUT2D eigenvalue weighted by atomic mass is 32.1. The van der Waals surface area contributed by atoms with Crippen molar-refractivity contribution in [2.45, 2.75) is 12.7 Å².